The number of nitriles is 1. The summed E-state index contributed by atoms with van der Waals surface area (Å²) in [4.78, 5) is 0. The maximum Gasteiger partial charge on any atom is 0.417 e. The number of ether oxygens (including phenoxy) is 1. The maximum atomic E-state index is 12.8. The molecule has 6 heteroatoms. The number of halogens is 3. The highest BCUT2D eigenvalue weighted by atomic mass is 19.4. The molecule has 3 nitrogen and oxygen atoms in total. The smallest absolute Gasteiger partial charge is 0.382 e. The Balaban J connectivity index is 2.06. The van der Waals surface area contributed by atoms with E-state index in [2.05, 4.69) is 5.32 Å². The molecule has 1 fully saturated rings. The Morgan fingerprint density at radius 2 is 2.10 bits per heavy atom. The summed E-state index contributed by atoms with van der Waals surface area (Å²) >= 11 is 0. The summed E-state index contributed by atoms with van der Waals surface area (Å²) in [5.74, 6) is 0. The van der Waals surface area contributed by atoms with E-state index in [0.29, 0.717) is 12.3 Å². The summed E-state index contributed by atoms with van der Waals surface area (Å²) in [5, 5.41) is 11.8. The van der Waals surface area contributed by atoms with E-state index in [1.807, 2.05) is 6.92 Å². The Bertz CT molecular complexity index is 516. The van der Waals surface area contributed by atoms with Gasteiger partial charge in [0.05, 0.1) is 23.3 Å². The summed E-state index contributed by atoms with van der Waals surface area (Å²) in [5.41, 5.74) is -0.870. The average Bonchev–Trinajstić information content (AvgIpc) is 2.35. The second-order valence-corrected chi connectivity index (χ2v) is 4.76. The second kappa shape index (κ2) is 5.71. The van der Waals surface area contributed by atoms with Crippen molar-refractivity contribution in [2.24, 2.45) is 0 Å². The molecular weight excluding hydrogens is 269 g/mol. The molecule has 0 amide bonds. The van der Waals surface area contributed by atoms with E-state index < -0.39 is 11.7 Å². The van der Waals surface area contributed by atoms with E-state index in [1.54, 1.807) is 6.07 Å². The Kier molecular flexibility index (Phi) is 4.19. The molecule has 1 aliphatic carbocycles. The van der Waals surface area contributed by atoms with Crippen molar-refractivity contribution in [3.8, 4) is 6.07 Å². The lowest BCUT2D eigenvalue weighted by Gasteiger charge is -2.36. The lowest BCUT2D eigenvalue weighted by atomic mass is 9.89. The van der Waals surface area contributed by atoms with Gasteiger partial charge in [0, 0.05) is 18.3 Å². The van der Waals surface area contributed by atoms with Gasteiger partial charge in [-0.25, -0.2) is 0 Å². The molecule has 0 spiro atoms. The standard InChI is InChI=1S/C14H15F3N2O/c1-2-20-12-5-11(6-12)19-10-4-3-9(8-18)13(7-10)14(15,16)17/h3-4,7,11-12,19H,2,5-6H2,1H3. The molecule has 0 atom stereocenters. The topological polar surface area (TPSA) is 45.0 Å². The molecule has 0 bridgehead atoms. The summed E-state index contributed by atoms with van der Waals surface area (Å²) < 4.78 is 43.8. The first-order valence-electron chi connectivity index (χ1n) is 6.43. The van der Waals surface area contributed by atoms with Crippen LogP contribution in [0.4, 0.5) is 18.9 Å². The van der Waals surface area contributed by atoms with Gasteiger partial charge in [-0.05, 0) is 38.0 Å². The largest absolute Gasteiger partial charge is 0.417 e. The number of benzene rings is 1. The van der Waals surface area contributed by atoms with Gasteiger partial charge in [0.1, 0.15) is 0 Å². The highest BCUT2D eigenvalue weighted by molar-refractivity contribution is 5.53. The van der Waals surface area contributed by atoms with Crippen LogP contribution in [0.2, 0.25) is 0 Å². The number of anilines is 1. The Labute approximate surface area is 115 Å². The van der Waals surface area contributed by atoms with E-state index >= 15 is 0 Å². The number of nitrogens with one attached hydrogen (secondary N) is 1. The summed E-state index contributed by atoms with van der Waals surface area (Å²) in [6.45, 7) is 2.56. The van der Waals surface area contributed by atoms with Crippen LogP contribution >= 0.6 is 0 Å². The molecule has 0 saturated heterocycles. The fraction of sp³-hybridized carbons (Fsp3) is 0.500. The van der Waals surface area contributed by atoms with Gasteiger partial charge in [-0.3, -0.25) is 0 Å². The van der Waals surface area contributed by atoms with Gasteiger partial charge >= 0.3 is 6.18 Å². The van der Waals surface area contributed by atoms with Crippen LogP contribution in [0.3, 0.4) is 0 Å². The third-order valence-electron chi connectivity index (χ3n) is 3.31. The fourth-order valence-electron chi connectivity index (χ4n) is 2.26. The highest BCUT2D eigenvalue weighted by Crippen LogP contribution is 2.34. The van der Waals surface area contributed by atoms with Gasteiger partial charge in [0.2, 0.25) is 0 Å². The van der Waals surface area contributed by atoms with Crippen molar-refractivity contribution in [2.45, 2.75) is 38.1 Å². The third kappa shape index (κ3) is 3.23. The first kappa shape index (κ1) is 14.7. The van der Waals surface area contributed by atoms with E-state index in [1.165, 1.54) is 12.1 Å². The quantitative estimate of drug-likeness (QED) is 0.919. The summed E-state index contributed by atoms with van der Waals surface area (Å²) in [7, 11) is 0. The van der Waals surface area contributed by atoms with Crippen LogP contribution in [0.15, 0.2) is 18.2 Å². The number of hydrogen-bond acceptors (Lipinski definition) is 3. The first-order valence-corrected chi connectivity index (χ1v) is 6.43. The molecule has 0 radical (unpaired) electrons. The van der Waals surface area contributed by atoms with Crippen LogP contribution in [0.1, 0.15) is 30.9 Å². The van der Waals surface area contributed by atoms with Crippen molar-refractivity contribution in [3.05, 3.63) is 29.3 Å². The maximum absolute atomic E-state index is 12.8. The molecule has 0 heterocycles. The minimum Gasteiger partial charge on any atom is -0.382 e. The number of rotatable bonds is 4. The van der Waals surface area contributed by atoms with Gasteiger partial charge in [0.25, 0.3) is 0 Å². The van der Waals surface area contributed by atoms with Gasteiger partial charge < -0.3 is 10.1 Å². The molecular formula is C14H15F3N2O. The second-order valence-electron chi connectivity index (χ2n) is 4.76. The minimum absolute atomic E-state index is 0.126. The molecule has 108 valence electrons. The molecule has 0 aliphatic heterocycles. The molecule has 1 aliphatic rings. The average molecular weight is 284 g/mol. The lowest BCUT2D eigenvalue weighted by molar-refractivity contribution is -0.137. The summed E-state index contributed by atoms with van der Waals surface area (Å²) in [6, 6.07) is 5.38. The fourth-order valence-corrected chi connectivity index (χ4v) is 2.26. The number of hydrogen-bond donors (Lipinski definition) is 1. The molecule has 2 rings (SSSR count). The molecule has 1 aromatic carbocycles. The summed E-state index contributed by atoms with van der Waals surface area (Å²) in [6.07, 6.45) is -2.75. The Hall–Kier alpha value is -1.74. The minimum atomic E-state index is -4.52. The van der Waals surface area contributed by atoms with E-state index in [-0.39, 0.29) is 17.7 Å². The van der Waals surface area contributed by atoms with Crippen LogP contribution in [-0.4, -0.2) is 18.8 Å². The van der Waals surface area contributed by atoms with Crippen molar-refractivity contribution < 1.29 is 17.9 Å². The van der Waals surface area contributed by atoms with Gasteiger partial charge in [-0.2, -0.15) is 18.4 Å². The predicted molar refractivity (Wildman–Crippen MR) is 68.2 cm³/mol. The third-order valence-corrected chi connectivity index (χ3v) is 3.31. The van der Waals surface area contributed by atoms with Crippen molar-refractivity contribution >= 4 is 5.69 Å². The van der Waals surface area contributed by atoms with Crippen molar-refractivity contribution in [3.63, 3.8) is 0 Å². The highest BCUT2D eigenvalue weighted by Gasteiger charge is 2.34. The Morgan fingerprint density at radius 3 is 2.65 bits per heavy atom. The molecule has 0 unspecified atom stereocenters. The normalized spacial score (nSPS) is 21.9. The van der Waals surface area contributed by atoms with Crippen molar-refractivity contribution in [1.29, 1.82) is 5.26 Å². The zero-order valence-electron chi connectivity index (χ0n) is 11.0. The van der Waals surface area contributed by atoms with Gasteiger partial charge in [-0.15, -0.1) is 0 Å². The number of nitrogens with zero attached hydrogens (tertiary/aromatic N) is 1. The SMILES string of the molecule is CCOC1CC(Nc2ccc(C#N)c(C(F)(F)F)c2)C1. The zero-order chi connectivity index (χ0) is 14.8. The zero-order valence-corrected chi connectivity index (χ0v) is 11.0. The van der Waals surface area contributed by atoms with Crippen LogP contribution in [0.5, 0.6) is 0 Å². The van der Waals surface area contributed by atoms with E-state index in [4.69, 9.17) is 10.00 Å². The van der Waals surface area contributed by atoms with Crippen molar-refractivity contribution in [2.75, 3.05) is 11.9 Å². The lowest BCUT2D eigenvalue weighted by Crippen LogP contribution is -2.40. The number of alkyl halides is 3. The molecule has 1 N–H and O–H groups in total. The van der Waals surface area contributed by atoms with Crippen LogP contribution in [0.25, 0.3) is 0 Å². The van der Waals surface area contributed by atoms with Gasteiger partial charge in [0.15, 0.2) is 0 Å². The molecule has 1 aromatic rings. The monoisotopic (exact) mass is 284 g/mol. The van der Waals surface area contributed by atoms with Crippen LogP contribution in [0, 0.1) is 11.3 Å². The van der Waals surface area contributed by atoms with Crippen molar-refractivity contribution in [1.82, 2.24) is 0 Å². The molecule has 20 heavy (non-hydrogen) atoms. The predicted octanol–water partition coefficient (Wildman–Crippen LogP) is 3.56. The van der Waals surface area contributed by atoms with Crippen LogP contribution < -0.4 is 5.32 Å². The Morgan fingerprint density at radius 1 is 1.40 bits per heavy atom. The molecule has 0 aromatic heterocycles. The molecule has 1 saturated carbocycles. The van der Waals surface area contributed by atoms with E-state index in [9.17, 15) is 13.2 Å². The van der Waals surface area contributed by atoms with E-state index in [0.717, 1.165) is 18.9 Å². The first-order chi connectivity index (χ1) is 9.44. The van der Waals surface area contributed by atoms with Gasteiger partial charge in [-0.1, -0.05) is 0 Å². The van der Waals surface area contributed by atoms with Crippen LogP contribution in [-0.2, 0) is 10.9 Å².